The lowest BCUT2D eigenvalue weighted by atomic mass is 10.1. The molecular weight excluding hydrogens is 376 g/mol. The molecule has 0 unspecified atom stereocenters. The number of carbonyl (C=O) groups excluding carboxylic acids is 3. The number of aromatic amines is 1. The van der Waals surface area contributed by atoms with Crippen LogP contribution in [0.15, 0.2) is 24.3 Å². The normalized spacial score (nSPS) is 11.5. The van der Waals surface area contributed by atoms with Crippen molar-refractivity contribution in [2.75, 3.05) is 18.5 Å². The van der Waals surface area contributed by atoms with Gasteiger partial charge in [0.25, 0.3) is 5.91 Å². The molecule has 2 rings (SSSR count). The third kappa shape index (κ3) is 5.37. The van der Waals surface area contributed by atoms with Crippen molar-refractivity contribution in [1.82, 2.24) is 4.98 Å². The van der Waals surface area contributed by atoms with E-state index in [4.69, 9.17) is 14.2 Å². The lowest BCUT2D eigenvalue weighted by molar-refractivity contribution is -0.123. The number of benzene rings is 1. The fourth-order valence-corrected chi connectivity index (χ4v) is 2.78. The van der Waals surface area contributed by atoms with Gasteiger partial charge in [0.05, 0.1) is 18.8 Å². The fraction of sp³-hybridized carbons (Fsp3) is 0.381. The predicted molar refractivity (Wildman–Crippen MR) is 107 cm³/mol. The average Bonchev–Trinajstić information content (AvgIpc) is 2.98. The molecule has 0 aliphatic carbocycles. The van der Waals surface area contributed by atoms with Crippen molar-refractivity contribution in [2.24, 2.45) is 0 Å². The van der Waals surface area contributed by atoms with Crippen LogP contribution in [0.3, 0.4) is 0 Å². The first kappa shape index (κ1) is 22.0. The van der Waals surface area contributed by atoms with Crippen molar-refractivity contribution in [3.05, 3.63) is 46.8 Å². The number of anilines is 1. The average molecular weight is 402 g/mol. The third-order valence-corrected chi connectivity index (χ3v) is 4.21. The Morgan fingerprint density at radius 1 is 1.03 bits per heavy atom. The maximum Gasteiger partial charge on any atom is 0.355 e. The molecule has 1 aromatic carbocycles. The summed E-state index contributed by atoms with van der Waals surface area (Å²) in [6.45, 7) is 9.10. The standard InChI is InChI=1S/C21H26N2O6/c1-6-27-16-10-8-15(9-11-16)23-19(24)14(5)29-20(25)17-12(3)18(22-13(17)4)21(26)28-7-2/h8-11,14,22H,6-7H2,1-5H3,(H,23,24)/t14-/m0/s1. The minimum absolute atomic E-state index is 0.197. The summed E-state index contributed by atoms with van der Waals surface area (Å²) >= 11 is 0. The number of H-pyrrole nitrogens is 1. The molecule has 0 spiro atoms. The molecule has 2 N–H and O–H groups in total. The number of ether oxygens (including phenoxy) is 3. The summed E-state index contributed by atoms with van der Waals surface area (Å²) in [5, 5.41) is 2.68. The number of esters is 2. The predicted octanol–water partition coefficient (Wildman–Crippen LogP) is 3.39. The monoisotopic (exact) mass is 402 g/mol. The van der Waals surface area contributed by atoms with E-state index in [2.05, 4.69) is 10.3 Å². The second-order valence-electron chi connectivity index (χ2n) is 6.34. The van der Waals surface area contributed by atoms with E-state index in [9.17, 15) is 14.4 Å². The van der Waals surface area contributed by atoms with Crippen molar-refractivity contribution >= 4 is 23.5 Å². The van der Waals surface area contributed by atoms with Crippen molar-refractivity contribution in [1.29, 1.82) is 0 Å². The van der Waals surface area contributed by atoms with E-state index in [0.29, 0.717) is 29.3 Å². The second-order valence-corrected chi connectivity index (χ2v) is 6.34. The summed E-state index contributed by atoms with van der Waals surface area (Å²) < 4.78 is 15.6. The summed E-state index contributed by atoms with van der Waals surface area (Å²) in [5.74, 6) is -1.02. The van der Waals surface area contributed by atoms with Crippen LogP contribution in [0.5, 0.6) is 5.75 Å². The first-order valence-electron chi connectivity index (χ1n) is 9.39. The van der Waals surface area contributed by atoms with Crippen LogP contribution in [0.2, 0.25) is 0 Å². The van der Waals surface area contributed by atoms with Gasteiger partial charge in [-0.25, -0.2) is 9.59 Å². The van der Waals surface area contributed by atoms with E-state index in [1.54, 1.807) is 45.0 Å². The molecule has 156 valence electrons. The Hall–Kier alpha value is -3.29. The number of hydrogen-bond donors (Lipinski definition) is 2. The van der Waals surface area contributed by atoms with Gasteiger partial charge >= 0.3 is 11.9 Å². The number of aromatic nitrogens is 1. The topological polar surface area (TPSA) is 107 Å². The molecule has 0 saturated carbocycles. The Bertz CT molecular complexity index is 885. The zero-order valence-electron chi connectivity index (χ0n) is 17.3. The van der Waals surface area contributed by atoms with Crippen LogP contribution in [0, 0.1) is 13.8 Å². The van der Waals surface area contributed by atoms with E-state index < -0.39 is 23.9 Å². The van der Waals surface area contributed by atoms with Crippen molar-refractivity contribution in [2.45, 2.75) is 40.7 Å². The molecule has 0 bridgehead atoms. The summed E-state index contributed by atoms with van der Waals surface area (Å²) in [6.07, 6.45) is -1.03. The Morgan fingerprint density at radius 2 is 1.69 bits per heavy atom. The van der Waals surface area contributed by atoms with Gasteiger partial charge in [-0.2, -0.15) is 0 Å². The highest BCUT2D eigenvalue weighted by molar-refractivity contribution is 6.01. The minimum atomic E-state index is -1.03. The maximum absolute atomic E-state index is 12.6. The Kier molecular flexibility index (Phi) is 7.41. The van der Waals surface area contributed by atoms with Crippen LogP contribution in [0.4, 0.5) is 5.69 Å². The highest BCUT2D eigenvalue weighted by Gasteiger charge is 2.26. The molecule has 1 heterocycles. The largest absolute Gasteiger partial charge is 0.494 e. The molecule has 0 saturated heterocycles. The van der Waals surface area contributed by atoms with Crippen LogP contribution in [-0.4, -0.2) is 42.1 Å². The molecule has 0 fully saturated rings. The van der Waals surface area contributed by atoms with E-state index in [0.717, 1.165) is 0 Å². The molecule has 0 aliphatic rings. The first-order valence-corrected chi connectivity index (χ1v) is 9.39. The number of hydrogen-bond acceptors (Lipinski definition) is 6. The number of aryl methyl sites for hydroxylation is 1. The Balaban J connectivity index is 2.04. The molecule has 0 aliphatic heterocycles. The van der Waals surface area contributed by atoms with Gasteiger partial charge in [-0.1, -0.05) is 0 Å². The molecule has 1 amide bonds. The van der Waals surface area contributed by atoms with Crippen LogP contribution >= 0.6 is 0 Å². The number of amides is 1. The summed E-state index contributed by atoms with van der Waals surface area (Å²) in [6, 6.07) is 6.87. The lowest BCUT2D eigenvalue weighted by Crippen LogP contribution is -2.30. The molecule has 1 aromatic heterocycles. The molecule has 8 nitrogen and oxygen atoms in total. The summed E-state index contributed by atoms with van der Waals surface area (Å²) in [7, 11) is 0. The van der Waals surface area contributed by atoms with E-state index >= 15 is 0 Å². The summed E-state index contributed by atoms with van der Waals surface area (Å²) in [5.41, 5.74) is 1.86. The molecule has 1 atom stereocenters. The number of rotatable bonds is 8. The molecule has 2 aromatic rings. The van der Waals surface area contributed by atoms with E-state index in [1.165, 1.54) is 6.92 Å². The van der Waals surface area contributed by atoms with Gasteiger partial charge in [0, 0.05) is 11.4 Å². The van der Waals surface area contributed by atoms with Gasteiger partial charge in [0.2, 0.25) is 0 Å². The Morgan fingerprint density at radius 3 is 2.28 bits per heavy atom. The van der Waals surface area contributed by atoms with Crippen LogP contribution in [0.1, 0.15) is 52.9 Å². The molecular formula is C21H26N2O6. The SMILES string of the molecule is CCOC(=O)c1[nH]c(C)c(C(=O)O[C@@H](C)C(=O)Nc2ccc(OCC)cc2)c1C. The highest BCUT2D eigenvalue weighted by atomic mass is 16.5. The van der Waals surface area contributed by atoms with Gasteiger partial charge in [-0.05, 0) is 64.4 Å². The van der Waals surface area contributed by atoms with Crippen LogP contribution < -0.4 is 10.1 Å². The summed E-state index contributed by atoms with van der Waals surface area (Å²) in [4.78, 5) is 39.8. The third-order valence-electron chi connectivity index (χ3n) is 4.21. The minimum Gasteiger partial charge on any atom is -0.494 e. The maximum atomic E-state index is 12.6. The van der Waals surface area contributed by atoms with E-state index in [1.807, 2.05) is 6.92 Å². The smallest absolute Gasteiger partial charge is 0.355 e. The van der Waals surface area contributed by atoms with Crippen LogP contribution in [-0.2, 0) is 14.3 Å². The van der Waals surface area contributed by atoms with Crippen molar-refractivity contribution in [3.8, 4) is 5.75 Å². The molecule has 8 heteroatoms. The van der Waals surface area contributed by atoms with E-state index in [-0.39, 0.29) is 17.9 Å². The van der Waals surface area contributed by atoms with Crippen molar-refractivity contribution in [3.63, 3.8) is 0 Å². The van der Waals surface area contributed by atoms with Gasteiger partial charge in [-0.3, -0.25) is 4.79 Å². The van der Waals surface area contributed by atoms with Gasteiger partial charge in [-0.15, -0.1) is 0 Å². The first-order chi connectivity index (χ1) is 13.8. The lowest BCUT2D eigenvalue weighted by Gasteiger charge is -2.14. The number of carbonyl (C=O) groups is 3. The highest BCUT2D eigenvalue weighted by Crippen LogP contribution is 2.21. The van der Waals surface area contributed by atoms with Gasteiger partial charge in [0.15, 0.2) is 6.10 Å². The molecule has 0 radical (unpaired) electrons. The fourth-order valence-electron chi connectivity index (χ4n) is 2.78. The number of nitrogens with one attached hydrogen (secondary N) is 2. The van der Waals surface area contributed by atoms with Crippen molar-refractivity contribution < 1.29 is 28.6 Å². The zero-order chi connectivity index (χ0) is 21.6. The zero-order valence-corrected chi connectivity index (χ0v) is 17.3. The quantitative estimate of drug-likeness (QED) is 0.656. The van der Waals surface area contributed by atoms with Gasteiger partial charge < -0.3 is 24.5 Å². The van der Waals surface area contributed by atoms with Gasteiger partial charge in [0.1, 0.15) is 11.4 Å². The van der Waals surface area contributed by atoms with Crippen LogP contribution in [0.25, 0.3) is 0 Å². The Labute approximate surface area is 169 Å². The second kappa shape index (κ2) is 9.77. The molecule has 29 heavy (non-hydrogen) atoms.